The van der Waals surface area contributed by atoms with E-state index in [1.807, 2.05) is 59.4 Å². The van der Waals surface area contributed by atoms with Gasteiger partial charge in [-0.25, -0.2) is 13.6 Å². The topological polar surface area (TPSA) is 89.5 Å². The van der Waals surface area contributed by atoms with Crippen molar-refractivity contribution in [1.82, 2.24) is 19.8 Å². The van der Waals surface area contributed by atoms with E-state index in [4.69, 9.17) is 23.8 Å². The van der Waals surface area contributed by atoms with Crippen LogP contribution in [0.1, 0.15) is 87.0 Å². The fraction of sp³-hybridized carbons (Fsp3) is 0.735. The van der Waals surface area contributed by atoms with E-state index in [0.717, 1.165) is 38.6 Å². The average Bonchev–Trinajstić information content (AvgIpc) is 3.64. The standard InChI is InChI=1S/C34H48BF2N5O5/c1-31(2,3)45-30(43)42-22-9-10-23(42)19-40(16-13-22)28-24-11-12-25(35-46-32(4,5)33(6,7)47-35)26(37)27(24)38-29(39-28)44-20-34-14-8-15-41(34)18-21(36)17-34/h11-12,21-23H,8-10,13-20H2,1-7H3/t21-,22-,23+,34+/m1/s1. The predicted molar refractivity (Wildman–Crippen MR) is 175 cm³/mol. The molecular formula is C34H48BF2N5O5. The molecule has 0 spiro atoms. The summed E-state index contributed by atoms with van der Waals surface area (Å²) in [5, 5.41) is 0.544. The molecule has 5 aliphatic rings. The second-order valence-electron chi connectivity index (χ2n) is 16.2. The molecule has 10 nitrogen and oxygen atoms in total. The Labute approximate surface area is 276 Å². The normalized spacial score (nSPS) is 30.2. The van der Waals surface area contributed by atoms with Crippen molar-refractivity contribution in [3.63, 3.8) is 0 Å². The molecule has 7 rings (SSSR count). The first-order chi connectivity index (χ1) is 22.1. The Morgan fingerprint density at radius 1 is 1.04 bits per heavy atom. The number of carbonyl (C=O) groups is 1. The number of nitrogens with zero attached hydrogens (tertiary/aromatic N) is 5. The van der Waals surface area contributed by atoms with Crippen molar-refractivity contribution >= 4 is 35.4 Å². The van der Waals surface area contributed by atoms with Gasteiger partial charge in [0.05, 0.1) is 22.8 Å². The molecule has 0 saturated carbocycles. The van der Waals surface area contributed by atoms with E-state index in [-0.39, 0.29) is 41.8 Å². The van der Waals surface area contributed by atoms with Crippen molar-refractivity contribution in [2.45, 2.75) is 128 Å². The van der Waals surface area contributed by atoms with Crippen LogP contribution in [0.25, 0.3) is 10.9 Å². The highest BCUT2D eigenvalue weighted by Crippen LogP contribution is 2.42. The van der Waals surface area contributed by atoms with Gasteiger partial charge in [-0.3, -0.25) is 4.90 Å². The smallest absolute Gasteiger partial charge is 0.461 e. The Morgan fingerprint density at radius 2 is 1.77 bits per heavy atom. The third-order valence-corrected chi connectivity index (χ3v) is 11.2. The van der Waals surface area contributed by atoms with Crippen LogP contribution in [0.5, 0.6) is 6.01 Å². The van der Waals surface area contributed by atoms with Crippen LogP contribution in [0.4, 0.5) is 19.4 Å². The highest BCUT2D eigenvalue weighted by Gasteiger charge is 2.53. The Balaban J connectivity index is 1.25. The Morgan fingerprint density at radius 3 is 2.49 bits per heavy atom. The molecular weight excluding hydrogens is 607 g/mol. The van der Waals surface area contributed by atoms with Crippen LogP contribution in [0.3, 0.4) is 0 Å². The molecule has 5 saturated heterocycles. The Kier molecular flexibility index (Phi) is 7.95. The fourth-order valence-corrected chi connectivity index (χ4v) is 8.13. The molecule has 4 atom stereocenters. The summed E-state index contributed by atoms with van der Waals surface area (Å²) in [5.41, 5.74) is -1.91. The van der Waals surface area contributed by atoms with Gasteiger partial charge in [0.1, 0.15) is 35.5 Å². The Hall–Kier alpha value is -2.77. The third-order valence-electron chi connectivity index (χ3n) is 11.2. The van der Waals surface area contributed by atoms with Gasteiger partial charge >= 0.3 is 19.2 Å². The minimum Gasteiger partial charge on any atom is -0.461 e. The second-order valence-corrected chi connectivity index (χ2v) is 16.2. The first-order valence-electron chi connectivity index (χ1n) is 17.2. The number of aromatic nitrogens is 2. The van der Waals surface area contributed by atoms with Crippen molar-refractivity contribution in [1.29, 1.82) is 0 Å². The summed E-state index contributed by atoms with van der Waals surface area (Å²) < 4.78 is 55.7. The zero-order valence-corrected chi connectivity index (χ0v) is 28.8. The number of hydrogen-bond acceptors (Lipinski definition) is 9. The molecule has 5 aliphatic heterocycles. The number of fused-ring (bicyclic) bond motifs is 4. The molecule has 0 unspecified atom stereocenters. The van der Waals surface area contributed by atoms with E-state index in [0.29, 0.717) is 37.3 Å². The van der Waals surface area contributed by atoms with Gasteiger partial charge in [-0.1, -0.05) is 6.07 Å². The fourth-order valence-electron chi connectivity index (χ4n) is 8.13. The van der Waals surface area contributed by atoms with Gasteiger partial charge in [0.2, 0.25) is 0 Å². The lowest BCUT2D eigenvalue weighted by atomic mass is 9.78. The lowest BCUT2D eigenvalue weighted by Gasteiger charge is -2.32. The minimum absolute atomic E-state index is 0.0545. The van der Waals surface area contributed by atoms with Gasteiger partial charge in [0.25, 0.3) is 0 Å². The monoisotopic (exact) mass is 655 g/mol. The number of alkyl halides is 1. The number of halogens is 2. The minimum atomic E-state index is -0.908. The van der Waals surface area contributed by atoms with E-state index in [9.17, 15) is 9.18 Å². The van der Waals surface area contributed by atoms with Gasteiger partial charge in [0.15, 0.2) is 0 Å². The summed E-state index contributed by atoms with van der Waals surface area (Å²) in [6.45, 7) is 16.0. The summed E-state index contributed by atoms with van der Waals surface area (Å²) in [6.07, 6.45) is 3.51. The predicted octanol–water partition coefficient (Wildman–Crippen LogP) is 5.00. The van der Waals surface area contributed by atoms with Crippen molar-refractivity contribution < 1.29 is 32.4 Å². The molecule has 2 bridgehead atoms. The van der Waals surface area contributed by atoms with Crippen molar-refractivity contribution in [2.24, 2.45) is 0 Å². The van der Waals surface area contributed by atoms with Crippen LogP contribution in [-0.2, 0) is 14.0 Å². The zero-order chi connectivity index (χ0) is 33.5. The summed E-state index contributed by atoms with van der Waals surface area (Å²) in [6, 6.07) is 3.55. The maximum Gasteiger partial charge on any atom is 0.497 e. The molecule has 1 amide bonds. The number of benzene rings is 1. The largest absolute Gasteiger partial charge is 0.497 e. The molecule has 256 valence electrons. The summed E-state index contributed by atoms with van der Waals surface area (Å²) in [5.74, 6) is 0.00296. The van der Waals surface area contributed by atoms with Crippen LogP contribution < -0.4 is 15.1 Å². The molecule has 0 aliphatic carbocycles. The van der Waals surface area contributed by atoms with Gasteiger partial charge in [-0.2, -0.15) is 9.97 Å². The molecule has 13 heteroatoms. The molecule has 1 aromatic heterocycles. The Bertz CT molecular complexity index is 1540. The number of carbonyl (C=O) groups excluding carboxylic acids is 1. The van der Waals surface area contributed by atoms with Crippen molar-refractivity contribution in [3.05, 3.63) is 17.9 Å². The summed E-state index contributed by atoms with van der Waals surface area (Å²) in [7, 11) is -0.908. The van der Waals surface area contributed by atoms with Crippen LogP contribution >= 0.6 is 0 Å². The van der Waals surface area contributed by atoms with E-state index in [1.165, 1.54) is 0 Å². The maximum atomic E-state index is 16.7. The van der Waals surface area contributed by atoms with Gasteiger partial charge in [-0.05, 0) is 93.2 Å². The van der Waals surface area contributed by atoms with Gasteiger partial charge < -0.3 is 28.6 Å². The highest BCUT2D eigenvalue weighted by molar-refractivity contribution is 6.62. The molecule has 5 fully saturated rings. The second kappa shape index (κ2) is 11.4. The van der Waals surface area contributed by atoms with Crippen LogP contribution in [0, 0.1) is 5.82 Å². The van der Waals surface area contributed by atoms with E-state index in [2.05, 4.69) is 14.8 Å². The summed E-state index contributed by atoms with van der Waals surface area (Å²) >= 11 is 0. The van der Waals surface area contributed by atoms with Crippen LogP contribution in [0.2, 0.25) is 0 Å². The molecule has 0 N–H and O–H groups in total. The third kappa shape index (κ3) is 5.84. The number of anilines is 1. The van der Waals surface area contributed by atoms with Crippen molar-refractivity contribution in [2.75, 3.05) is 37.7 Å². The molecule has 6 heterocycles. The number of amides is 1. The molecule has 0 radical (unpaired) electrons. The number of ether oxygens (including phenoxy) is 2. The highest BCUT2D eigenvalue weighted by atomic mass is 19.1. The average molecular weight is 656 g/mol. The quantitative estimate of drug-likeness (QED) is 0.413. The first-order valence-corrected chi connectivity index (χ1v) is 17.2. The van der Waals surface area contributed by atoms with Crippen LogP contribution in [0.15, 0.2) is 12.1 Å². The number of rotatable bonds is 5. The zero-order valence-electron chi connectivity index (χ0n) is 28.8. The SMILES string of the molecule is CC(C)(C)OC(=O)N1[C@@H]2CC[C@H]1CN(c1nc(OC[C@@]34CCCN3C[C@H](F)C4)nc3c(F)c(B4OC(C)(C)C(C)(C)O4)ccc13)CC2. The first kappa shape index (κ1) is 32.8. The maximum absolute atomic E-state index is 16.7. The van der Waals surface area contributed by atoms with Crippen molar-refractivity contribution in [3.8, 4) is 6.01 Å². The summed E-state index contributed by atoms with van der Waals surface area (Å²) in [4.78, 5) is 29.0. The molecule has 2 aromatic rings. The lowest BCUT2D eigenvalue weighted by Crippen LogP contribution is -2.45. The molecule has 1 aromatic carbocycles. The van der Waals surface area contributed by atoms with Gasteiger partial charge in [0, 0.05) is 42.9 Å². The lowest BCUT2D eigenvalue weighted by molar-refractivity contribution is 0.00578. The molecule has 47 heavy (non-hydrogen) atoms. The van der Waals surface area contributed by atoms with E-state index < -0.39 is 41.4 Å². The van der Waals surface area contributed by atoms with Gasteiger partial charge in [-0.15, -0.1) is 0 Å². The van der Waals surface area contributed by atoms with E-state index >= 15 is 4.39 Å². The number of hydrogen-bond donors (Lipinski definition) is 0. The van der Waals surface area contributed by atoms with Crippen LogP contribution in [-0.4, -0.2) is 106 Å². The van der Waals surface area contributed by atoms with E-state index in [1.54, 1.807) is 6.07 Å².